The van der Waals surface area contributed by atoms with E-state index in [1.165, 1.54) is 5.57 Å². The molecule has 0 fully saturated rings. The van der Waals surface area contributed by atoms with Crippen molar-refractivity contribution in [2.75, 3.05) is 0 Å². The summed E-state index contributed by atoms with van der Waals surface area (Å²) in [7, 11) is 0. The van der Waals surface area contributed by atoms with Crippen molar-refractivity contribution in [2.45, 2.75) is 13.3 Å². The van der Waals surface area contributed by atoms with Crippen LogP contribution >= 0.6 is 12.2 Å². The van der Waals surface area contributed by atoms with Crippen LogP contribution in [0.4, 0.5) is 0 Å². The summed E-state index contributed by atoms with van der Waals surface area (Å²) in [4.78, 5) is 3.99. The fourth-order valence-corrected chi connectivity index (χ4v) is 1.06. The van der Waals surface area contributed by atoms with Crippen LogP contribution in [0.5, 0.6) is 0 Å². The maximum atomic E-state index is 5.26. The maximum absolute atomic E-state index is 5.26. The van der Waals surface area contributed by atoms with Gasteiger partial charge in [-0.1, -0.05) is 17.7 Å². The monoisotopic (exact) mass is 166 g/mol. The van der Waals surface area contributed by atoms with E-state index in [-0.39, 0.29) is 5.11 Å². The van der Waals surface area contributed by atoms with Crippen LogP contribution in [0.3, 0.4) is 0 Å². The second-order valence-corrected chi connectivity index (χ2v) is 2.91. The Morgan fingerprint density at radius 3 is 3.00 bits per heavy atom. The van der Waals surface area contributed by atoms with Gasteiger partial charge in [-0.2, -0.15) is 0 Å². The molecule has 0 aromatic carbocycles. The van der Waals surface area contributed by atoms with Crippen molar-refractivity contribution >= 4 is 23.0 Å². The molecule has 2 nitrogen and oxygen atoms in total. The maximum Gasteiger partial charge on any atom is 0.190 e. The number of thiocarbonyl (C=S) groups is 1. The molecule has 0 aromatic rings. The average Bonchev–Trinajstić information content (AvgIpc) is 1.85. The average molecular weight is 166 g/mol. The molecule has 0 heterocycles. The van der Waals surface area contributed by atoms with Crippen LogP contribution in [0.1, 0.15) is 13.3 Å². The Labute approximate surface area is 71.5 Å². The summed E-state index contributed by atoms with van der Waals surface area (Å²) in [6.45, 7) is 2.05. The summed E-state index contributed by atoms with van der Waals surface area (Å²) in [6.07, 6.45) is 6.79. The van der Waals surface area contributed by atoms with E-state index < -0.39 is 0 Å². The van der Waals surface area contributed by atoms with Crippen LogP contribution in [-0.2, 0) is 0 Å². The van der Waals surface area contributed by atoms with Crippen LogP contribution in [0, 0.1) is 0 Å². The summed E-state index contributed by atoms with van der Waals surface area (Å²) in [5, 5.41) is 0.208. The zero-order valence-corrected chi connectivity index (χ0v) is 7.19. The molecule has 11 heavy (non-hydrogen) atoms. The molecule has 1 rings (SSSR count). The zero-order chi connectivity index (χ0) is 8.27. The highest BCUT2D eigenvalue weighted by atomic mass is 32.1. The quantitative estimate of drug-likeness (QED) is 0.555. The summed E-state index contributed by atoms with van der Waals surface area (Å²) < 4.78 is 0. The first-order chi connectivity index (χ1) is 5.18. The van der Waals surface area contributed by atoms with Crippen molar-refractivity contribution in [3.8, 4) is 0 Å². The first kappa shape index (κ1) is 8.14. The first-order valence-electron chi connectivity index (χ1n) is 3.39. The number of hydrogen-bond donors (Lipinski definition) is 1. The highest BCUT2D eigenvalue weighted by molar-refractivity contribution is 7.80. The van der Waals surface area contributed by atoms with E-state index in [1.54, 1.807) is 0 Å². The third kappa shape index (κ3) is 2.63. The van der Waals surface area contributed by atoms with Gasteiger partial charge >= 0.3 is 0 Å². The molecule has 0 atom stereocenters. The smallest absolute Gasteiger partial charge is 0.190 e. The van der Waals surface area contributed by atoms with Gasteiger partial charge in [0.1, 0.15) is 0 Å². The fraction of sp³-hybridized carbons (Fsp3) is 0.250. The van der Waals surface area contributed by atoms with Crippen LogP contribution in [0.2, 0.25) is 0 Å². The number of hydrogen-bond acceptors (Lipinski definition) is 1. The van der Waals surface area contributed by atoms with E-state index in [2.05, 4.69) is 30.2 Å². The van der Waals surface area contributed by atoms with Gasteiger partial charge in [0.2, 0.25) is 0 Å². The SMILES string of the molecule is CC1=CC=CC(=NC(N)=S)C1. The molecule has 0 amide bonds. The van der Waals surface area contributed by atoms with Gasteiger partial charge in [-0.15, -0.1) is 0 Å². The van der Waals surface area contributed by atoms with Gasteiger partial charge in [-0.25, -0.2) is 4.99 Å². The normalized spacial score (nSPS) is 20.1. The Hall–Kier alpha value is -0.960. The van der Waals surface area contributed by atoms with E-state index in [9.17, 15) is 0 Å². The predicted octanol–water partition coefficient (Wildman–Crippen LogP) is 1.58. The highest BCUT2D eigenvalue weighted by Crippen LogP contribution is 2.08. The molecular weight excluding hydrogens is 156 g/mol. The summed E-state index contributed by atoms with van der Waals surface area (Å²) in [6, 6.07) is 0. The first-order valence-corrected chi connectivity index (χ1v) is 3.80. The lowest BCUT2D eigenvalue weighted by atomic mass is 10.1. The number of rotatable bonds is 0. The molecule has 0 saturated heterocycles. The van der Waals surface area contributed by atoms with Crippen molar-refractivity contribution in [1.82, 2.24) is 0 Å². The Morgan fingerprint density at radius 2 is 2.45 bits per heavy atom. The Bertz CT molecular complexity index is 261. The fourth-order valence-electron chi connectivity index (χ4n) is 0.945. The molecule has 0 spiro atoms. The van der Waals surface area contributed by atoms with Crippen molar-refractivity contribution in [3.63, 3.8) is 0 Å². The summed E-state index contributed by atoms with van der Waals surface area (Å²) >= 11 is 4.65. The molecule has 1 aliphatic rings. The minimum Gasteiger partial charge on any atom is -0.374 e. The lowest BCUT2D eigenvalue weighted by molar-refractivity contribution is 1.25. The van der Waals surface area contributed by atoms with Gasteiger partial charge < -0.3 is 5.73 Å². The van der Waals surface area contributed by atoms with Gasteiger partial charge in [-0.3, -0.25) is 0 Å². The lowest BCUT2D eigenvalue weighted by Crippen LogP contribution is -2.09. The minimum atomic E-state index is 0.208. The van der Waals surface area contributed by atoms with Crippen molar-refractivity contribution in [1.29, 1.82) is 0 Å². The van der Waals surface area contributed by atoms with Gasteiger partial charge in [0.25, 0.3) is 0 Å². The van der Waals surface area contributed by atoms with Gasteiger partial charge in [0.15, 0.2) is 5.11 Å². The molecule has 1 aliphatic carbocycles. The molecular formula is C8H10N2S. The molecule has 0 bridgehead atoms. The second-order valence-electron chi connectivity index (χ2n) is 2.49. The Balaban J connectivity index is 2.73. The number of allylic oxidation sites excluding steroid dienone is 4. The molecule has 0 saturated carbocycles. The van der Waals surface area contributed by atoms with Crippen LogP contribution in [-0.4, -0.2) is 10.8 Å². The standard InChI is InChI=1S/C8H10N2S/c1-6-3-2-4-7(5-6)10-8(9)11/h2-4H,5H2,1H3,(H2,9,11). The van der Waals surface area contributed by atoms with Gasteiger partial charge in [0, 0.05) is 12.1 Å². The number of aliphatic imine (C=N–C) groups is 1. The topological polar surface area (TPSA) is 38.4 Å². The van der Waals surface area contributed by atoms with E-state index in [0.29, 0.717) is 0 Å². The van der Waals surface area contributed by atoms with Crippen molar-refractivity contribution in [3.05, 3.63) is 23.8 Å². The van der Waals surface area contributed by atoms with Crippen molar-refractivity contribution < 1.29 is 0 Å². The molecule has 2 N–H and O–H groups in total. The second kappa shape index (κ2) is 3.44. The summed E-state index contributed by atoms with van der Waals surface area (Å²) in [5.74, 6) is 0. The van der Waals surface area contributed by atoms with E-state index in [4.69, 9.17) is 5.73 Å². The lowest BCUT2D eigenvalue weighted by Gasteiger charge is -2.04. The predicted molar refractivity (Wildman–Crippen MR) is 51.7 cm³/mol. The Kier molecular flexibility index (Phi) is 2.54. The molecule has 3 heteroatoms. The van der Waals surface area contributed by atoms with Gasteiger partial charge in [-0.05, 0) is 25.2 Å². The third-order valence-electron chi connectivity index (χ3n) is 1.38. The van der Waals surface area contributed by atoms with E-state index in [1.807, 2.05) is 12.2 Å². The number of nitrogens with zero attached hydrogens (tertiary/aromatic N) is 1. The van der Waals surface area contributed by atoms with E-state index in [0.717, 1.165) is 12.1 Å². The molecule has 0 aromatic heterocycles. The van der Waals surface area contributed by atoms with Gasteiger partial charge in [0.05, 0.1) is 0 Å². The number of nitrogens with two attached hydrogens (primary N) is 1. The Morgan fingerprint density at radius 1 is 1.73 bits per heavy atom. The molecule has 0 aliphatic heterocycles. The third-order valence-corrected chi connectivity index (χ3v) is 1.47. The molecule has 58 valence electrons. The minimum absolute atomic E-state index is 0.208. The van der Waals surface area contributed by atoms with Crippen LogP contribution < -0.4 is 5.73 Å². The summed E-state index contributed by atoms with van der Waals surface area (Å²) in [5.41, 5.74) is 7.48. The van der Waals surface area contributed by atoms with Crippen molar-refractivity contribution in [2.24, 2.45) is 10.7 Å². The largest absolute Gasteiger partial charge is 0.374 e. The molecule has 0 unspecified atom stereocenters. The van der Waals surface area contributed by atoms with E-state index >= 15 is 0 Å². The highest BCUT2D eigenvalue weighted by Gasteiger charge is 2.00. The van der Waals surface area contributed by atoms with Crippen LogP contribution in [0.25, 0.3) is 0 Å². The molecule has 0 radical (unpaired) electrons. The van der Waals surface area contributed by atoms with Crippen LogP contribution in [0.15, 0.2) is 28.8 Å². The zero-order valence-electron chi connectivity index (χ0n) is 6.37.